The minimum atomic E-state index is -0.190. The third kappa shape index (κ3) is 2.41. The van der Waals surface area contributed by atoms with E-state index in [1.807, 2.05) is 11.8 Å². The summed E-state index contributed by atoms with van der Waals surface area (Å²) in [7, 11) is 1.70. The van der Waals surface area contributed by atoms with Gasteiger partial charge in [-0.3, -0.25) is 4.79 Å². The molecule has 5 heteroatoms. The molecule has 1 aromatic heterocycles. The Kier molecular flexibility index (Phi) is 3.56. The second-order valence-electron chi connectivity index (χ2n) is 3.88. The van der Waals surface area contributed by atoms with Crippen molar-refractivity contribution in [2.75, 3.05) is 25.2 Å². The molecule has 0 bridgehead atoms. The molecule has 0 aliphatic carbocycles. The second kappa shape index (κ2) is 4.93. The summed E-state index contributed by atoms with van der Waals surface area (Å²) in [5.74, 6) is 1.92. The zero-order chi connectivity index (χ0) is 11.4. The minimum Gasteiger partial charge on any atom is -0.472 e. The van der Waals surface area contributed by atoms with Crippen LogP contribution < -0.4 is 5.32 Å². The molecule has 0 radical (unpaired) electrons. The largest absolute Gasteiger partial charge is 0.472 e. The number of nitrogens with one attached hydrogen (secondary N) is 1. The van der Waals surface area contributed by atoms with Crippen molar-refractivity contribution in [2.45, 2.75) is 12.0 Å². The van der Waals surface area contributed by atoms with Crippen LogP contribution in [0.2, 0.25) is 0 Å². The van der Waals surface area contributed by atoms with E-state index >= 15 is 0 Å². The molecule has 0 aromatic carbocycles. The Morgan fingerprint density at radius 3 is 3.19 bits per heavy atom. The first-order valence-corrected chi connectivity index (χ1v) is 6.34. The maximum atomic E-state index is 11.7. The van der Waals surface area contributed by atoms with Gasteiger partial charge in [0.15, 0.2) is 0 Å². The maximum Gasteiger partial charge on any atom is 0.254 e. The fraction of sp³-hybridized carbons (Fsp3) is 0.545. The fourth-order valence-corrected chi connectivity index (χ4v) is 3.10. The number of methoxy groups -OCH3 is 1. The van der Waals surface area contributed by atoms with Crippen molar-refractivity contribution in [3.8, 4) is 0 Å². The Labute approximate surface area is 98.7 Å². The van der Waals surface area contributed by atoms with Crippen molar-refractivity contribution in [1.29, 1.82) is 0 Å². The van der Waals surface area contributed by atoms with Crippen molar-refractivity contribution in [3.63, 3.8) is 0 Å². The van der Waals surface area contributed by atoms with Gasteiger partial charge in [-0.2, -0.15) is 11.8 Å². The van der Waals surface area contributed by atoms with Crippen molar-refractivity contribution in [1.82, 2.24) is 5.32 Å². The van der Waals surface area contributed by atoms with Crippen LogP contribution in [0.1, 0.15) is 16.8 Å². The van der Waals surface area contributed by atoms with Crippen molar-refractivity contribution < 1.29 is 13.9 Å². The molecular weight excluding hydrogens is 226 g/mol. The minimum absolute atomic E-state index is 0.109. The lowest BCUT2D eigenvalue weighted by Crippen LogP contribution is -2.44. The number of ether oxygens (including phenoxy) is 1. The highest BCUT2D eigenvalue weighted by Gasteiger charge is 2.34. The first kappa shape index (κ1) is 11.5. The van der Waals surface area contributed by atoms with Crippen LogP contribution >= 0.6 is 11.8 Å². The van der Waals surface area contributed by atoms with Gasteiger partial charge in [-0.05, 0) is 18.2 Å². The molecule has 16 heavy (non-hydrogen) atoms. The monoisotopic (exact) mass is 241 g/mol. The lowest BCUT2D eigenvalue weighted by Gasteiger charge is -2.26. The Hall–Kier alpha value is -0.940. The first-order chi connectivity index (χ1) is 7.76. The number of amides is 1. The van der Waals surface area contributed by atoms with Gasteiger partial charge in [-0.25, -0.2) is 0 Å². The van der Waals surface area contributed by atoms with Crippen LogP contribution in [0.3, 0.4) is 0 Å². The van der Waals surface area contributed by atoms with Gasteiger partial charge in [0.05, 0.1) is 17.4 Å². The molecule has 2 rings (SSSR count). The Morgan fingerprint density at radius 2 is 2.62 bits per heavy atom. The molecule has 1 fully saturated rings. The number of hydrogen-bond acceptors (Lipinski definition) is 4. The highest BCUT2D eigenvalue weighted by atomic mass is 32.2. The predicted molar refractivity (Wildman–Crippen MR) is 62.7 cm³/mol. The van der Waals surface area contributed by atoms with E-state index in [1.165, 1.54) is 12.5 Å². The molecule has 1 amide bonds. The van der Waals surface area contributed by atoms with Gasteiger partial charge in [-0.1, -0.05) is 0 Å². The summed E-state index contributed by atoms with van der Waals surface area (Å²) < 4.78 is 10.4. The predicted octanol–water partition coefficient (Wildman–Crippen LogP) is 1.53. The van der Waals surface area contributed by atoms with E-state index in [2.05, 4.69) is 5.32 Å². The zero-order valence-electron chi connectivity index (χ0n) is 9.19. The van der Waals surface area contributed by atoms with Crippen LogP contribution in [0.25, 0.3) is 0 Å². The lowest BCUT2D eigenvalue weighted by molar-refractivity contribution is 0.0137. The number of hydrogen-bond donors (Lipinski definition) is 1. The topological polar surface area (TPSA) is 51.5 Å². The second-order valence-corrected chi connectivity index (χ2v) is 4.99. The normalized spacial score (nSPS) is 24.6. The van der Waals surface area contributed by atoms with Crippen LogP contribution in [0, 0.1) is 0 Å². The third-order valence-corrected chi connectivity index (χ3v) is 4.08. The van der Waals surface area contributed by atoms with Gasteiger partial charge >= 0.3 is 0 Å². The van der Waals surface area contributed by atoms with Crippen LogP contribution in [-0.4, -0.2) is 36.7 Å². The van der Waals surface area contributed by atoms with Gasteiger partial charge in [0.25, 0.3) is 5.91 Å². The molecule has 1 saturated heterocycles. The van der Waals surface area contributed by atoms with Crippen molar-refractivity contribution in [3.05, 3.63) is 24.2 Å². The standard InChI is InChI=1S/C11H15NO3S/c1-14-11(3-5-16-8-11)7-12-10(13)9-2-4-15-6-9/h2,4,6H,3,5,7-8H2,1H3,(H,12,13)/t11-/m0/s1. The molecule has 88 valence electrons. The van der Waals surface area contributed by atoms with Crippen LogP contribution in [-0.2, 0) is 4.74 Å². The van der Waals surface area contributed by atoms with Crippen LogP contribution in [0.5, 0.6) is 0 Å². The van der Waals surface area contributed by atoms with Gasteiger partial charge in [-0.15, -0.1) is 0 Å². The van der Waals surface area contributed by atoms with E-state index in [0.29, 0.717) is 12.1 Å². The first-order valence-electron chi connectivity index (χ1n) is 5.19. The van der Waals surface area contributed by atoms with Gasteiger partial charge in [0.2, 0.25) is 0 Å². The number of furan rings is 1. The molecule has 1 atom stereocenters. The summed E-state index contributed by atoms with van der Waals surface area (Å²) >= 11 is 1.86. The molecule has 0 saturated carbocycles. The number of carbonyl (C=O) groups is 1. The smallest absolute Gasteiger partial charge is 0.254 e. The van der Waals surface area contributed by atoms with E-state index in [1.54, 1.807) is 13.2 Å². The third-order valence-electron chi connectivity index (χ3n) is 2.85. The molecule has 1 aromatic rings. The average molecular weight is 241 g/mol. The van der Waals surface area contributed by atoms with Crippen molar-refractivity contribution >= 4 is 17.7 Å². The number of carbonyl (C=O) groups excluding carboxylic acids is 1. The fourth-order valence-electron chi connectivity index (χ4n) is 1.70. The van der Waals surface area contributed by atoms with Gasteiger partial charge in [0.1, 0.15) is 6.26 Å². The van der Waals surface area contributed by atoms with Crippen LogP contribution in [0.15, 0.2) is 23.0 Å². The summed E-state index contributed by atoms with van der Waals surface area (Å²) in [6.45, 7) is 0.556. The van der Waals surface area contributed by atoms with Gasteiger partial charge in [0, 0.05) is 19.4 Å². The molecule has 1 N–H and O–H groups in total. The van der Waals surface area contributed by atoms with E-state index in [-0.39, 0.29) is 11.5 Å². The summed E-state index contributed by atoms with van der Waals surface area (Å²) in [5.41, 5.74) is 0.362. The molecule has 0 unspecified atom stereocenters. The highest BCUT2D eigenvalue weighted by molar-refractivity contribution is 7.99. The van der Waals surface area contributed by atoms with Crippen molar-refractivity contribution in [2.24, 2.45) is 0 Å². The molecular formula is C11H15NO3S. The summed E-state index contributed by atoms with van der Waals surface area (Å²) in [6.07, 6.45) is 3.92. The Morgan fingerprint density at radius 1 is 1.75 bits per heavy atom. The number of thioether (sulfide) groups is 1. The highest BCUT2D eigenvalue weighted by Crippen LogP contribution is 2.30. The zero-order valence-corrected chi connectivity index (χ0v) is 10.0. The van der Waals surface area contributed by atoms with E-state index < -0.39 is 0 Å². The van der Waals surface area contributed by atoms with Gasteiger partial charge < -0.3 is 14.5 Å². The summed E-state index contributed by atoms with van der Waals surface area (Å²) in [6, 6.07) is 1.65. The average Bonchev–Trinajstić information content (AvgIpc) is 2.98. The molecule has 1 aliphatic heterocycles. The molecule has 4 nitrogen and oxygen atoms in total. The Balaban J connectivity index is 1.89. The SMILES string of the molecule is CO[C@]1(CNC(=O)c2ccoc2)CCSC1. The number of rotatable bonds is 4. The maximum absolute atomic E-state index is 11.7. The van der Waals surface area contributed by atoms with Crippen LogP contribution in [0.4, 0.5) is 0 Å². The van der Waals surface area contributed by atoms with E-state index in [4.69, 9.17) is 9.15 Å². The Bertz CT molecular complexity index is 344. The molecule has 0 spiro atoms. The quantitative estimate of drug-likeness (QED) is 0.868. The lowest BCUT2D eigenvalue weighted by atomic mass is 10.0. The van der Waals surface area contributed by atoms with E-state index in [0.717, 1.165) is 17.9 Å². The summed E-state index contributed by atoms with van der Waals surface area (Å²) in [4.78, 5) is 11.7. The molecule has 1 aliphatic rings. The van der Waals surface area contributed by atoms with E-state index in [9.17, 15) is 4.79 Å². The molecule has 2 heterocycles. The summed E-state index contributed by atoms with van der Waals surface area (Å²) in [5, 5.41) is 2.88.